The molecule has 0 bridgehead atoms. The van der Waals surface area contributed by atoms with Crippen LogP contribution in [0.5, 0.6) is 0 Å². The largest absolute Gasteiger partial charge is 0.465 e. The average Bonchev–Trinajstić information content (AvgIpc) is 3.39. The number of fused-ring (bicyclic) bond motifs is 1. The maximum atomic E-state index is 12.4. The van der Waals surface area contributed by atoms with Crippen molar-refractivity contribution in [2.75, 3.05) is 45.4 Å². The van der Waals surface area contributed by atoms with Gasteiger partial charge in [0.15, 0.2) is 4.80 Å². The van der Waals surface area contributed by atoms with Crippen LogP contribution in [0.25, 0.3) is 10.2 Å². The highest BCUT2D eigenvalue weighted by atomic mass is 32.2. The van der Waals surface area contributed by atoms with Crippen molar-refractivity contribution in [3.63, 3.8) is 0 Å². The van der Waals surface area contributed by atoms with E-state index < -0.39 is 5.97 Å². The van der Waals surface area contributed by atoms with Gasteiger partial charge < -0.3 is 18.9 Å². The molecule has 30 heavy (non-hydrogen) atoms. The molecule has 1 aromatic heterocycles. The molecule has 1 aromatic carbocycles. The van der Waals surface area contributed by atoms with E-state index in [0.29, 0.717) is 29.3 Å². The van der Waals surface area contributed by atoms with E-state index in [4.69, 9.17) is 9.47 Å². The number of thioether (sulfide) groups is 1. The zero-order valence-electron chi connectivity index (χ0n) is 17.1. The molecule has 1 aliphatic rings. The maximum Gasteiger partial charge on any atom is 0.337 e. The van der Waals surface area contributed by atoms with Gasteiger partial charge in [-0.15, -0.1) is 11.8 Å². The minimum atomic E-state index is -0.414. The van der Waals surface area contributed by atoms with Gasteiger partial charge in [-0.1, -0.05) is 11.3 Å². The lowest BCUT2D eigenvalue weighted by atomic mass is 10.2. The van der Waals surface area contributed by atoms with Crippen LogP contribution in [0.3, 0.4) is 0 Å². The molecular formula is C20H25N3O5S2. The number of rotatable bonds is 8. The molecular weight excluding hydrogens is 426 g/mol. The Hall–Kier alpha value is -2.17. The number of likely N-dealkylation sites (tertiary alicyclic amines) is 1. The predicted molar refractivity (Wildman–Crippen MR) is 117 cm³/mol. The lowest BCUT2D eigenvalue weighted by molar-refractivity contribution is -0.127. The first-order chi connectivity index (χ1) is 14.5. The normalized spacial score (nSPS) is 14.5. The first-order valence-electron chi connectivity index (χ1n) is 9.67. The van der Waals surface area contributed by atoms with Gasteiger partial charge in [0.25, 0.3) is 5.91 Å². The number of nitrogens with zero attached hydrogens (tertiary/aromatic N) is 3. The van der Waals surface area contributed by atoms with Gasteiger partial charge in [0.1, 0.15) is 0 Å². The van der Waals surface area contributed by atoms with E-state index >= 15 is 0 Å². The second kappa shape index (κ2) is 10.7. The van der Waals surface area contributed by atoms with E-state index in [1.807, 2.05) is 15.5 Å². The highest BCUT2D eigenvalue weighted by molar-refractivity contribution is 8.00. The van der Waals surface area contributed by atoms with Crippen LogP contribution >= 0.6 is 23.1 Å². The van der Waals surface area contributed by atoms with Crippen molar-refractivity contribution in [2.24, 2.45) is 4.99 Å². The molecule has 2 heterocycles. The summed E-state index contributed by atoms with van der Waals surface area (Å²) < 4.78 is 12.7. The molecule has 0 unspecified atom stereocenters. The second-order valence-corrected chi connectivity index (χ2v) is 8.78. The molecule has 1 fully saturated rings. The molecule has 2 aromatic rings. The molecule has 10 heteroatoms. The topological polar surface area (TPSA) is 90.2 Å². The fraction of sp³-hybridized carbons (Fsp3) is 0.500. The number of benzene rings is 1. The zero-order chi connectivity index (χ0) is 21.5. The third-order valence-electron chi connectivity index (χ3n) is 4.75. The Balaban J connectivity index is 1.76. The first kappa shape index (κ1) is 22.5. The van der Waals surface area contributed by atoms with Crippen LogP contribution in [-0.2, 0) is 25.6 Å². The van der Waals surface area contributed by atoms with Gasteiger partial charge in [0.05, 0.1) is 41.0 Å². The van der Waals surface area contributed by atoms with E-state index in [1.165, 1.54) is 30.2 Å². The van der Waals surface area contributed by atoms with Crippen LogP contribution in [0.2, 0.25) is 0 Å². The number of carbonyl (C=O) groups excluding carboxylic acids is 3. The number of amides is 2. The molecule has 0 spiro atoms. The quantitative estimate of drug-likeness (QED) is 0.570. The summed E-state index contributed by atoms with van der Waals surface area (Å²) in [4.78, 5) is 43.0. The minimum Gasteiger partial charge on any atom is -0.465 e. The van der Waals surface area contributed by atoms with E-state index in [1.54, 1.807) is 19.2 Å². The van der Waals surface area contributed by atoms with Crippen LogP contribution < -0.4 is 4.80 Å². The minimum absolute atomic E-state index is 0.0812. The summed E-state index contributed by atoms with van der Waals surface area (Å²) in [6.45, 7) is 2.62. The molecule has 8 nitrogen and oxygen atoms in total. The summed E-state index contributed by atoms with van der Waals surface area (Å²) >= 11 is 2.62. The van der Waals surface area contributed by atoms with Crippen molar-refractivity contribution in [3.8, 4) is 0 Å². The monoisotopic (exact) mass is 451 g/mol. The maximum absolute atomic E-state index is 12.4. The number of ether oxygens (including phenoxy) is 2. The number of methoxy groups -OCH3 is 2. The van der Waals surface area contributed by atoms with Gasteiger partial charge in [-0.3, -0.25) is 9.59 Å². The smallest absolute Gasteiger partial charge is 0.337 e. The zero-order valence-corrected chi connectivity index (χ0v) is 18.7. The van der Waals surface area contributed by atoms with E-state index in [9.17, 15) is 14.4 Å². The number of esters is 1. The van der Waals surface area contributed by atoms with Crippen LogP contribution in [0, 0.1) is 0 Å². The van der Waals surface area contributed by atoms with Crippen LogP contribution in [0.4, 0.5) is 0 Å². The summed E-state index contributed by atoms with van der Waals surface area (Å²) in [5.41, 5.74) is 1.31. The summed E-state index contributed by atoms with van der Waals surface area (Å²) in [7, 11) is 2.95. The number of aromatic nitrogens is 1. The lowest BCUT2D eigenvalue weighted by Gasteiger charge is -2.14. The molecule has 162 valence electrons. The predicted octanol–water partition coefficient (Wildman–Crippen LogP) is 1.92. The highest BCUT2D eigenvalue weighted by Crippen LogP contribution is 2.20. The highest BCUT2D eigenvalue weighted by Gasteiger charge is 2.18. The van der Waals surface area contributed by atoms with Crippen LogP contribution in [-0.4, -0.2) is 72.7 Å². The molecule has 1 aliphatic heterocycles. The Morgan fingerprint density at radius 2 is 1.93 bits per heavy atom. The second-order valence-electron chi connectivity index (χ2n) is 6.79. The fourth-order valence-electron chi connectivity index (χ4n) is 3.22. The van der Waals surface area contributed by atoms with Gasteiger partial charge >= 0.3 is 5.97 Å². The standard InChI is InChI=1S/C20H25N3O5S2/c1-27-10-9-23-15-6-5-14(19(26)28-2)11-16(15)30-20(23)21-17(24)12-29-13-18(25)22-7-3-4-8-22/h5-6,11H,3-4,7-10,12-13H2,1-2H3. The molecule has 0 saturated carbocycles. The molecule has 3 rings (SSSR count). The van der Waals surface area contributed by atoms with Crippen molar-refractivity contribution >= 4 is 51.1 Å². The van der Waals surface area contributed by atoms with Crippen molar-refractivity contribution in [2.45, 2.75) is 19.4 Å². The van der Waals surface area contributed by atoms with Crippen molar-refractivity contribution < 1.29 is 23.9 Å². The number of hydrogen-bond acceptors (Lipinski definition) is 7. The number of hydrogen-bond donors (Lipinski definition) is 0. The molecule has 1 saturated heterocycles. The van der Waals surface area contributed by atoms with Crippen molar-refractivity contribution in [1.82, 2.24) is 9.47 Å². The van der Waals surface area contributed by atoms with E-state index in [2.05, 4.69) is 4.99 Å². The summed E-state index contributed by atoms with van der Waals surface area (Å²) in [6.07, 6.45) is 2.10. The Kier molecular flexibility index (Phi) is 8.06. The summed E-state index contributed by atoms with van der Waals surface area (Å²) in [5.74, 6) is -0.189. The Morgan fingerprint density at radius 3 is 2.63 bits per heavy atom. The molecule has 0 N–H and O–H groups in total. The molecule has 0 atom stereocenters. The van der Waals surface area contributed by atoms with Gasteiger partial charge in [-0.05, 0) is 31.0 Å². The van der Waals surface area contributed by atoms with Gasteiger partial charge in [0.2, 0.25) is 5.91 Å². The SMILES string of the molecule is COCCn1c(=NC(=O)CSCC(=O)N2CCCC2)sc2cc(C(=O)OC)ccc21. The van der Waals surface area contributed by atoms with Crippen molar-refractivity contribution in [1.29, 1.82) is 0 Å². The summed E-state index contributed by atoms with van der Waals surface area (Å²) in [5, 5.41) is 0. The molecule has 0 aliphatic carbocycles. The average molecular weight is 452 g/mol. The van der Waals surface area contributed by atoms with E-state index in [-0.39, 0.29) is 17.6 Å². The fourth-order valence-corrected chi connectivity index (χ4v) is 5.04. The van der Waals surface area contributed by atoms with E-state index in [0.717, 1.165) is 36.1 Å². The third kappa shape index (κ3) is 5.50. The molecule has 2 amide bonds. The van der Waals surface area contributed by atoms with Gasteiger partial charge in [-0.2, -0.15) is 4.99 Å². The Labute approximate surface area is 182 Å². The van der Waals surface area contributed by atoms with Crippen LogP contribution in [0.15, 0.2) is 23.2 Å². The van der Waals surface area contributed by atoms with Gasteiger partial charge in [0, 0.05) is 26.7 Å². The van der Waals surface area contributed by atoms with Gasteiger partial charge in [-0.25, -0.2) is 4.79 Å². The van der Waals surface area contributed by atoms with Crippen molar-refractivity contribution in [3.05, 3.63) is 28.6 Å². The molecule has 0 radical (unpaired) electrons. The first-order valence-corrected chi connectivity index (χ1v) is 11.6. The third-order valence-corrected chi connectivity index (χ3v) is 6.70. The Morgan fingerprint density at radius 1 is 1.17 bits per heavy atom. The Bertz CT molecular complexity index is 992. The van der Waals surface area contributed by atoms with Crippen LogP contribution in [0.1, 0.15) is 23.2 Å². The number of thiazole rings is 1. The number of carbonyl (C=O) groups is 3. The summed E-state index contributed by atoms with van der Waals surface area (Å²) in [6, 6.07) is 5.25. The lowest BCUT2D eigenvalue weighted by Crippen LogP contribution is -2.29.